The molecule has 0 bridgehead atoms. The molecular weight excluding hydrogens is 304 g/mol. The maximum Gasteiger partial charge on any atom is 0.290 e. The molecule has 1 saturated heterocycles. The van der Waals surface area contributed by atoms with Crippen LogP contribution in [0.3, 0.4) is 0 Å². The molecule has 1 aromatic carbocycles. The summed E-state index contributed by atoms with van der Waals surface area (Å²) >= 11 is 0. The highest BCUT2D eigenvalue weighted by atomic mass is 16.3. The molecule has 1 atom stereocenters. The van der Waals surface area contributed by atoms with Gasteiger partial charge in [-0.25, -0.2) is 0 Å². The fraction of sp³-hybridized carbons (Fsp3) is 0.368. The molecule has 4 rings (SSSR count). The van der Waals surface area contributed by atoms with E-state index in [1.54, 1.807) is 17.0 Å². The van der Waals surface area contributed by atoms with Crippen LogP contribution in [0.1, 0.15) is 41.6 Å². The van der Waals surface area contributed by atoms with Crippen molar-refractivity contribution in [1.82, 2.24) is 9.80 Å². The number of carbonyl (C=O) groups is 2. The topological polar surface area (TPSA) is 53.8 Å². The molecular formula is C19H20N2O3. The molecule has 0 aliphatic carbocycles. The lowest BCUT2D eigenvalue weighted by atomic mass is 9.75. The molecule has 0 spiro atoms. The number of hydrogen-bond donors (Lipinski definition) is 0. The van der Waals surface area contributed by atoms with Crippen molar-refractivity contribution < 1.29 is 14.0 Å². The van der Waals surface area contributed by atoms with Gasteiger partial charge in [0.1, 0.15) is 6.54 Å². The highest BCUT2D eigenvalue weighted by molar-refractivity contribution is 5.95. The monoisotopic (exact) mass is 324 g/mol. The van der Waals surface area contributed by atoms with Crippen LogP contribution in [0.5, 0.6) is 0 Å². The van der Waals surface area contributed by atoms with E-state index >= 15 is 0 Å². The maximum atomic E-state index is 12.7. The molecule has 1 fully saturated rings. The van der Waals surface area contributed by atoms with E-state index in [1.165, 1.54) is 11.8 Å². The van der Waals surface area contributed by atoms with Crippen molar-refractivity contribution in [2.75, 3.05) is 19.6 Å². The second-order valence-electron chi connectivity index (χ2n) is 7.17. The Morgan fingerprint density at radius 3 is 2.75 bits per heavy atom. The van der Waals surface area contributed by atoms with Crippen LogP contribution in [-0.4, -0.2) is 41.2 Å². The number of hydrogen-bond acceptors (Lipinski definition) is 3. The van der Waals surface area contributed by atoms with Crippen molar-refractivity contribution in [3.8, 4) is 0 Å². The van der Waals surface area contributed by atoms with Gasteiger partial charge in [0.25, 0.3) is 5.91 Å². The van der Waals surface area contributed by atoms with Gasteiger partial charge in [0, 0.05) is 18.5 Å². The van der Waals surface area contributed by atoms with Crippen LogP contribution in [0, 0.1) is 0 Å². The first-order valence-corrected chi connectivity index (χ1v) is 8.19. The predicted molar refractivity (Wildman–Crippen MR) is 88.5 cm³/mol. The molecule has 0 N–H and O–H groups in total. The molecule has 2 amide bonds. The lowest BCUT2D eigenvalue weighted by molar-refractivity contribution is -0.140. The number of fused-ring (bicyclic) bond motifs is 3. The Labute approximate surface area is 140 Å². The third-order valence-electron chi connectivity index (χ3n) is 5.05. The summed E-state index contributed by atoms with van der Waals surface area (Å²) < 4.78 is 5.21. The zero-order valence-electron chi connectivity index (χ0n) is 13.9. The summed E-state index contributed by atoms with van der Waals surface area (Å²) in [5.41, 5.74) is 2.31. The third-order valence-corrected chi connectivity index (χ3v) is 5.05. The minimum atomic E-state index is -0.227. The standard InChI is InChI=1S/C19H20N2O3/c1-19(2)12-21-15(13-6-3-4-7-14(13)19)10-20(11-17(21)22)18(23)16-8-5-9-24-16/h3-9,15H,10-12H2,1-2H3. The molecule has 5 heteroatoms. The van der Waals surface area contributed by atoms with E-state index in [-0.39, 0.29) is 35.6 Å². The minimum absolute atomic E-state index is 0.00580. The van der Waals surface area contributed by atoms with E-state index in [0.717, 1.165) is 5.56 Å². The Balaban J connectivity index is 1.71. The van der Waals surface area contributed by atoms with Crippen LogP contribution in [0.4, 0.5) is 0 Å². The Morgan fingerprint density at radius 2 is 2.00 bits per heavy atom. The van der Waals surface area contributed by atoms with Crippen molar-refractivity contribution in [3.63, 3.8) is 0 Å². The van der Waals surface area contributed by atoms with E-state index < -0.39 is 0 Å². The Hall–Kier alpha value is -2.56. The van der Waals surface area contributed by atoms with Crippen LogP contribution < -0.4 is 0 Å². The van der Waals surface area contributed by atoms with Crippen LogP contribution in [0.2, 0.25) is 0 Å². The number of piperazine rings is 1. The number of benzene rings is 1. The number of amides is 2. The lowest BCUT2D eigenvalue weighted by Gasteiger charge is -2.49. The predicted octanol–water partition coefficient (Wildman–Crippen LogP) is 2.60. The zero-order valence-corrected chi connectivity index (χ0v) is 13.9. The molecule has 2 aromatic rings. The molecule has 3 heterocycles. The fourth-order valence-electron chi connectivity index (χ4n) is 3.89. The normalized spacial score (nSPS) is 22.1. The Bertz CT molecular complexity index is 795. The molecule has 2 aliphatic heterocycles. The SMILES string of the molecule is CC1(C)CN2C(=O)CN(C(=O)c3ccco3)CC2c2ccccc21. The summed E-state index contributed by atoms with van der Waals surface area (Å²) in [6.45, 7) is 5.61. The van der Waals surface area contributed by atoms with Gasteiger partial charge >= 0.3 is 0 Å². The molecule has 0 radical (unpaired) electrons. The number of furan rings is 1. The van der Waals surface area contributed by atoms with Crippen LogP contribution in [0.15, 0.2) is 47.1 Å². The smallest absolute Gasteiger partial charge is 0.290 e. The molecule has 2 aliphatic rings. The highest BCUT2D eigenvalue weighted by Gasteiger charge is 2.44. The number of rotatable bonds is 1. The first kappa shape index (κ1) is 15.0. The second kappa shape index (κ2) is 5.23. The molecule has 1 aromatic heterocycles. The van der Waals surface area contributed by atoms with Gasteiger partial charge in [0.2, 0.25) is 5.91 Å². The van der Waals surface area contributed by atoms with Gasteiger partial charge in [0.05, 0.1) is 12.3 Å². The zero-order chi connectivity index (χ0) is 16.9. The first-order valence-electron chi connectivity index (χ1n) is 8.19. The number of nitrogens with zero attached hydrogens (tertiary/aromatic N) is 2. The summed E-state index contributed by atoms with van der Waals surface area (Å²) in [6, 6.07) is 11.5. The van der Waals surface area contributed by atoms with Crippen molar-refractivity contribution in [2.45, 2.75) is 25.3 Å². The molecule has 1 unspecified atom stereocenters. The van der Waals surface area contributed by atoms with Gasteiger partial charge < -0.3 is 14.2 Å². The average molecular weight is 324 g/mol. The lowest BCUT2D eigenvalue weighted by Crippen LogP contribution is -2.58. The van der Waals surface area contributed by atoms with Gasteiger partial charge in [-0.2, -0.15) is 0 Å². The van der Waals surface area contributed by atoms with E-state index in [0.29, 0.717) is 13.1 Å². The van der Waals surface area contributed by atoms with Crippen molar-refractivity contribution >= 4 is 11.8 Å². The van der Waals surface area contributed by atoms with Crippen LogP contribution in [-0.2, 0) is 10.2 Å². The van der Waals surface area contributed by atoms with E-state index in [1.807, 2.05) is 17.0 Å². The molecule has 124 valence electrons. The van der Waals surface area contributed by atoms with Gasteiger partial charge in [-0.15, -0.1) is 0 Å². The summed E-state index contributed by atoms with van der Waals surface area (Å²) in [7, 11) is 0. The van der Waals surface area contributed by atoms with Crippen molar-refractivity contribution in [2.24, 2.45) is 0 Å². The van der Waals surface area contributed by atoms with Gasteiger partial charge in [-0.3, -0.25) is 9.59 Å². The van der Waals surface area contributed by atoms with Crippen molar-refractivity contribution in [1.29, 1.82) is 0 Å². The average Bonchev–Trinajstić information content (AvgIpc) is 3.09. The minimum Gasteiger partial charge on any atom is -0.459 e. The summed E-state index contributed by atoms with van der Waals surface area (Å²) in [5, 5.41) is 0. The largest absolute Gasteiger partial charge is 0.459 e. The summed E-state index contributed by atoms with van der Waals surface area (Å²) in [5.74, 6) is 0.0460. The Morgan fingerprint density at radius 1 is 1.21 bits per heavy atom. The van der Waals surface area contributed by atoms with E-state index in [9.17, 15) is 9.59 Å². The van der Waals surface area contributed by atoms with Gasteiger partial charge in [-0.1, -0.05) is 38.1 Å². The van der Waals surface area contributed by atoms with E-state index in [2.05, 4.69) is 26.0 Å². The first-order chi connectivity index (χ1) is 11.5. The number of carbonyl (C=O) groups excluding carboxylic acids is 2. The quantitative estimate of drug-likeness (QED) is 0.810. The summed E-state index contributed by atoms with van der Waals surface area (Å²) in [4.78, 5) is 28.8. The maximum absolute atomic E-state index is 12.7. The molecule has 24 heavy (non-hydrogen) atoms. The molecule has 5 nitrogen and oxygen atoms in total. The molecule has 0 saturated carbocycles. The van der Waals surface area contributed by atoms with E-state index in [4.69, 9.17) is 4.42 Å². The highest BCUT2D eigenvalue weighted by Crippen LogP contribution is 2.41. The van der Waals surface area contributed by atoms with Gasteiger partial charge in [-0.05, 0) is 23.3 Å². The van der Waals surface area contributed by atoms with Gasteiger partial charge in [0.15, 0.2) is 5.76 Å². The van der Waals surface area contributed by atoms with Crippen LogP contribution in [0.25, 0.3) is 0 Å². The summed E-state index contributed by atoms with van der Waals surface area (Å²) in [6.07, 6.45) is 1.48. The van der Waals surface area contributed by atoms with Crippen molar-refractivity contribution in [3.05, 3.63) is 59.5 Å². The second-order valence-corrected chi connectivity index (χ2v) is 7.17. The fourth-order valence-corrected chi connectivity index (χ4v) is 3.89. The third kappa shape index (κ3) is 2.23. The van der Waals surface area contributed by atoms with Crippen LogP contribution >= 0.6 is 0 Å². The Kier molecular flexibility index (Phi) is 3.27.